The van der Waals surface area contributed by atoms with Gasteiger partial charge in [-0.05, 0) is 30.4 Å². The number of aromatic amines is 1. The van der Waals surface area contributed by atoms with Crippen LogP contribution in [0.25, 0.3) is 10.9 Å². The lowest BCUT2D eigenvalue weighted by atomic mass is 9.89. The Balaban J connectivity index is 1.44. The predicted octanol–water partition coefficient (Wildman–Crippen LogP) is 4.93. The molecule has 2 aromatic heterocycles. The molecule has 0 amide bonds. The molecule has 0 spiro atoms. The molecule has 1 unspecified atom stereocenters. The molecule has 0 fully saturated rings. The van der Waals surface area contributed by atoms with Gasteiger partial charge in [0.2, 0.25) is 0 Å². The van der Waals surface area contributed by atoms with Crippen molar-refractivity contribution >= 4 is 39.4 Å². The van der Waals surface area contributed by atoms with Gasteiger partial charge >= 0.3 is 0 Å². The standard InChI is InChI=1S/C24H29N5OS/c1-2-3-6-16(9-17-12-27-21-8-5-4-7-19(17)21)10-22(30)23-13-28-24(31-23)29-14-18(11-25)20(26)15-29/h4-5,7-8,11-13,16,25,27H,2-3,6,9-10,14-15,26H2,1H3. The Morgan fingerprint density at radius 2 is 2.23 bits per heavy atom. The summed E-state index contributed by atoms with van der Waals surface area (Å²) in [5.74, 6) is 0.475. The van der Waals surface area contributed by atoms with Gasteiger partial charge in [-0.1, -0.05) is 49.3 Å². The van der Waals surface area contributed by atoms with Crippen molar-refractivity contribution in [2.24, 2.45) is 11.7 Å². The minimum Gasteiger partial charge on any atom is -0.400 e. The second-order valence-electron chi connectivity index (χ2n) is 8.26. The largest absolute Gasteiger partial charge is 0.400 e. The summed E-state index contributed by atoms with van der Waals surface area (Å²) in [7, 11) is 0. The number of nitrogens with one attached hydrogen (secondary N) is 2. The fraction of sp³-hybridized carbons (Fsp3) is 0.375. The number of anilines is 1. The van der Waals surface area contributed by atoms with E-state index in [0.29, 0.717) is 36.0 Å². The van der Waals surface area contributed by atoms with Crippen molar-refractivity contribution in [2.75, 3.05) is 18.0 Å². The lowest BCUT2D eigenvalue weighted by molar-refractivity contribution is 0.0962. The predicted molar refractivity (Wildman–Crippen MR) is 128 cm³/mol. The molecular weight excluding hydrogens is 406 g/mol. The molecule has 0 bridgehead atoms. The summed E-state index contributed by atoms with van der Waals surface area (Å²) in [4.78, 5) is 23.6. The van der Waals surface area contributed by atoms with Crippen molar-refractivity contribution in [3.8, 4) is 0 Å². The third-order valence-corrected chi connectivity index (χ3v) is 7.07. The van der Waals surface area contributed by atoms with E-state index in [1.54, 1.807) is 6.20 Å². The fourth-order valence-corrected chi connectivity index (χ4v) is 5.09. The third kappa shape index (κ3) is 4.71. The van der Waals surface area contributed by atoms with Crippen molar-refractivity contribution in [1.29, 1.82) is 5.41 Å². The van der Waals surface area contributed by atoms with Gasteiger partial charge in [0.05, 0.1) is 17.6 Å². The normalized spacial score (nSPS) is 15.1. The fourth-order valence-electron chi connectivity index (χ4n) is 4.23. The first kappa shape index (κ1) is 21.3. The Morgan fingerprint density at radius 3 is 3.00 bits per heavy atom. The number of para-hydroxylation sites is 1. The number of ketones is 1. The molecule has 1 aliphatic heterocycles. The highest BCUT2D eigenvalue weighted by Gasteiger charge is 2.24. The highest BCUT2D eigenvalue weighted by molar-refractivity contribution is 7.17. The first-order chi connectivity index (χ1) is 15.1. The molecule has 3 heterocycles. The van der Waals surface area contributed by atoms with E-state index in [9.17, 15) is 4.79 Å². The molecule has 31 heavy (non-hydrogen) atoms. The third-order valence-electron chi connectivity index (χ3n) is 5.97. The maximum Gasteiger partial charge on any atom is 0.186 e. The summed E-state index contributed by atoms with van der Waals surface area (Å²) >= 11 is 1.43. The SMILES string of the molecule is CCCCC(CC(=O)c1cnc(N2CC(N)=C(C=N)C2)s1)Cc1c[nH]c2ccccc12. The molecular formula is C24H29N5OS. The summed E-state index contributed by atoms with van der Waals surface area (Å²) in [5.41, 5.74) is 9.95. The van der Waals surface area contributed by atoms with Crippen molar-refractivity contribution in [3.05, 3.63) is 58.4 Å². The van der Waals surface area contributed by atoms with Crippen LogP contribution in [0.3, 0.4) is 0 Å². The van der Waals surface area contributed by atoms with Crippen LogP contribution in [0.2, 0.25) is 0 Å². The van der Waals surface area contributed by atoms with E-state index in [2.05, 4.69) is 41.3 Å². The van der Waals surface area contributed by atoms with Crippen LogP contribution in [0.15, 0.2) is 47.9 Å². The van der Waals surface area contributed by atoms with Crippen LogP contribution in [0.4, 0.5) is 5.13 Å². The second-order valence-corrected chi connectivity index (χ2v) is 9.27. The smallest absolute Gasteiger partial charge is 0.186 e. The van der Waals surface area contributed by atoms with Gasteiger partial charge < -0.3 is 21.0 Å². The number of hydrogen-bond donors (Lipinski definition) is 3. The van der Waals surface area contributed by atoms with E-state index < -0.39 is 0 Å². The number of carbonyl (C=O) groups excluding carboxylic acids is 1. The molecule has 0 radical (unpaired) electrons. The van der Waals surface area contributed by atoms with Gasteiger partial charge in [0, 0.05) is 47.6 Å². The average Bonchev–Trinajstić information content (AvgIpc) is 3.50. The zero-order chi connectivity index (χ0) is 21.8. The molecule has 3 aromatic rings. The quantitative estimate of drug-likeness (QED) is 0.311. The number of H-pyrrole nitrogens is 1. The number of thiazole rings is 1. The number of fused-ring (bicyclic) bond motifs is 1. The zero-order valence-electron chi connectivity index (χ0n) is 17.9. The van der Waals surface area contributed by atoms with Gasteiger partial charge in [-0.2, -0.15) is 0 Å². The monoisotopic (exact) mass is 435 g/mol. The van der Waals surface area contributed by atoms with E-state index in [0.717, 1.165) is 41.9 Å². The number of aromatic nitrogens is 2. The first-order valence-corrected chi connectivity index (χ1v) is 11.7. The van der Waals surface area contributed by atoms with Crippen LogP contribution in [0.1, 0.15) is 47.8 Å². The zero-order valence-corrected chi connectivity index (χ0v) is 18.7. The molecule has 4 N–H and O–H groups in total. The van der Waals surface area contributed by atoms with Gasteiger partial charge in [0.15, 0.2) is 10.9 Å². The summed E-state index contributed by atoms with van der Waals surface area (Å²) in [6, 6.07) is 8.34. The maximum atomic E-state index is 13.1. The maximum absolute atomic E-state index is 13.1. The van der Waals surface area contributed by atoms with Gasteiger partial charge in [-0.15, -0.1) is 0 Å². The van der Waals surface area contributed by atoms with Gasteiger partial charge in [0.1, 0.15) is 0 Å². The first-order valence-electron chi connectivity index (χ1n) is 10.9. The van der Waals surface area contributed by atoms with E-state index in [4.69, 9.17) is 11.1 Å². The topological polar surface area (TPSA) is 98.9 Å². The Labute approximate surface area is 186 Å². The highest BCUT2D eigenvalue weighted by atomic mass is 32.1. The number of benzene rings is 1. The molecule has 1 aromatic carbocycles. The molecule has 162 valence electrons. The molecule has 1 atom stereocenters. The molecule has 0 aliphatic carbocycles. The second kappa shape index (κ2) is 9.47. The van der Waals surface area contributed by atoms with Crippen molar-refractivity contribution in [1.82, 2.24) is 9.97 Å². The van der Waals surface area contributed by atoms with Crippen LogP contribution >= 0.6 is 11.3 Å². The highest BCUT2D eigenvalue weighted by Crippen LogP contribution is 2.30. The number of nitrogens with zero attached hydrogens (tertiary/aromatic N) is 2. The minimum absolute atomic E-state index is 0.164. The van der Waals surface area contributed by atoms with Crippen molar-refractivity contribution in [3.63, 3.8) is 0 Å². The van der Waals surface area contributed by atoms with Crippen molar-refractivity contribution in [2.45, 2.75) is 39.0 Å². The molecule has 0 saturated heterocycles. The van der Waals surface area contributed by atoms with E-state index in [-0.39, 0.29) is 5.78 Å². The number of unbranched alkanes of at least 4 members (excludes halogenated alkanes) is 1. The lowest BCUT2D eigenvalue weighted by Crippen LogP contribution is -2.21. The molecule has 7 heteroatoms. The Bertz CT molecular complexity index is 1110. The van der Waals surface area contributed by atoms with E-state index in [1.807, 2.05) is 11.0 Å². The number of hydrogen-bond acceptors (Lipinski definition) is 6. The van der Waals surface area contributed by atoms with E-state index in [1.165, 1.54) is 28.5 Å². The van der Waals surface area contributed by atoms with Crippen LogP contribution in [-0.2, 0) is 6.42 Å². The molecule has 4 rings (SSSR count). The number of rotatable bonds is 10. The Kier molecular flexibility index (Phi) is 6.51. The van der Waals surface area contributed by atoms with Crippen LogP contribution < -0.4 is 10.6 Å². The summed E-state index contributed by atoms with van der Waals surface area (Å²) < 4.78 is 0. The summed E-state index contributed by atoms with van der Waals surface area (Å²) in [6.07, 6.45) is 9.82. The van der Waals surface area contributed by atoms with Crippen LogP contribution in [0, 0.1) is 11.3 Å². The number of Topliss-reactive ketones (excluding diaryl/α,β-unsaturated/α-hetero) is 1. The summed E-state index contributed by atoms with van der Waals surface area (Å²) in [6.45, 7) is 3.33. The van der Waals surface area contributed by atoms with Crippen LogP contribution in [-0.4, -0.2) is 35.1 Å². The molecule has 0 saturated carbocycles. The van der Waals surface area contributed by atoms with Gasteiger partial charge in [-0.25, -0.2) is 4.98 Å². The lowest BCUT2D eigenvalue weighted by Gasteiger charge is -2.15. The van der Waals surface area contributed by atoms with Crippen molar-refractivity contribution < 1.29 is 4.79 Å². The number of carbonyl (C=O) groups is 1. The van der Waals surface area contributed by atoms with Gasteiger partial charge in [-0.3, -0.25) is 4.79 Å². The Morgan fingerprint density at radius 1 is 1.39 bits per heavy atom. The van der Waals surface area contributed by atoms with Gasteiger partial charge in [0.25, 0.3) is 0 Å². The molecule has 1 aliphatic rings. The number of nitrogens with two attached hydrogens (primary N) is 1. The minimum atomic E-state index is 0.164. The van der Waals surface area contributed by atoms with Crippen LogP contribution in [0.5, 0.6) is 0 Å². The summed E-state index contributed by atoms with van der Waals surface area (Å²) in [5, 5.41) is 9.50. The van der Waals surface area contributed by atoms with E-state index >= 15 is 0 Å². The molecule has 6 nitrogen and oxygen atoms in total. The Hall–Kier alpha value is -2.93. The average molecular weight is 436 g/mol.